The van der Waals surface area contributed by atoms with E-state index in [2.05, 4.69) is 0 Å². The van der Waals surface area contributed by atoms with E-state index in [-0.39, 0.29) is 0 Å². The van der Waals surface area contributed by atoms with Gasteiger partial charge in [0.1, 0.15) is 0 Å². The third-order valence-corrected chi connectivity index (χ3v) is 5.10. The maximum atomic E-state index is 12.8. The minimum atomic E-state index is -3.75. The Balaban J connectivity index is 5.64. The topological polar surface area (TPSA) is 96.4 Å². The molecule has 0 aromatic heterocycles. The average molecular weight is 350 g/mol. The third kappa shape index (κ3) is 5.97. The van der Waals surface area contributed by atoms with Crippen LogP contribution in [-0.4, -0.2) is 72.8 Å². The predicted molar refractivity (Wildman–Crippen MR) is 86.9 cm³/mol. The van der Waals surface area contributed by atoms with Crippen LogP contribution in [0, 0.1) is 0 Å². The van der Waals surface area contributed by atoms with E-state index >= 15 is 0 Å². The Kier molecular flexibility index (Phi) is 8.52. The second-order valence-corrected chi connectivity index (χ2v) is 8.18. The van der Waals surface area contributed by atoms with Crippen LogP contribution in [0.5, 0.6) is 0 Å². The van der Waals surface area contributed by atoms with Gasteiger partial charge in [-0.1, -0.05) is 19.9 Å². The summed E-state index contributed by atoms with van der Waals surface area (Å²) in [7, 11) is 2.00. The van der Waals surface area contributed by atoms with E-state index in [9.17, 15) is 19.3 Å². The van der Waals surface area contributed by atoms with Crippen molar-refractivity contribution in [2.75, 3.05) is 28.2 Å². The molecule has 8 nitrogen and oxygen atoms in total. The van der Waals surface area contributed by atoms with Crippen molar-refractivity contribution in [2.24, 2.45) is 0 Å². The maximum absolute atomic E-state index is 12.8. The van der Waals surface area contributed by atoms with Crippen molar-refractivity contribution in [1.29, 1.82) is 0 Å². The zero-order chi connectivity index (χ0) is 18.4. The Labute approximate surface area is 137 Å². The zero-order valence-corrected chi connectivity index (χ0v) is 15.6. The first-order chi connectivity index (χ1) is 10.5. The number of likely N-dealkylation sites (N-methyl/N-ethyl adjacent to an activating group) is 2. The Morgan fingerprint density at radius 1 is 1.09 bits per heavy atom. The number of carbonyl (C=O) groups excluding carboxylic acids is 2. The van der Waals surface area contributed by atoms with Gasteiger partial charge in [0.2, 0.25) is 0 Å². The summed E-state index contributed by atoms with van der Waals surface area (Å²) in [5, 5.41) is 10.2. The lowest BCUT2D eigenvalue weighted by Gasteiger charge is -2.30. The van der Waals surface area contributed by atoms with Crippen molar-refractivity contribution in [3.8, 4) is 0 Å². The number of hydrogen-bond donors (Lipinski definition) is 1. The lowest BCUT2D eigenvalue weighted by Crippen LogP contribution is -2.50. The Bertz CT molecular complexity index is 490. The molecule has 0 saturated heterocycles. The lowest BCUT2D eigenvalue weighted by molar-refractivity contribution is -0.153. The number of rotatable bonds is 8. The van der Waals surface area contributed by atoms with Gasteiger partial charge in [-0.05, 0) is 6.92 Å². The fourth-order valence-electron chi connectivity index (χ4n) is 1.46. The van der Waals surface area contributed by atoms with Gasteiger partial charge in [-0.2, -0.15) is 0 Å². The first-order valence-corrected chi connectivity index (χ1v) is 8.77. The van der Waals surface area contributed by atoms with Crippen molar-refractivity contribution in [2.45, 2.75) is 38.6 Å². The minimum Gasteiger partial charge on any atom is -0.432 e. The summed E-state index contributed by atoms with van der Waals surface area (Å²) < 4.78 is 23.3. The van der Waals surface area contributed by atoms with Gasteiger partial charge in [-0.3, -0.25) is 14.1 Å². The molecule has 0 aliphatic heterocycles. The third-order valence-electron chi connectivity index (χ3n) is 2.90. The highest BCUT2D eigenvalue weighted by molar-refractivity contribution is 7.54. The van der Waals surface area contributed by atoms with E-state index in [4.69, 9.17) is 9.05 Å². The molecule has 9 heteroatoms. The van der Waals surface area contributed by atoms with Crippen molar-refractivity contribution < 1.29 is 28.3 Å². The molecule has 0 aliphatic carbocycles. The summed E-state index contributed by atoms with van der Waals surface area (Å²) in [5.74, 6) is -1.41. The quantitative estimate of drug-likeness (QED) is 0.519. The average Bonchev–Trinajstić information content (AvgIpc) is 2.47. The van der Waals surface area contributed by atoms with E-state index in [1.807, 2.05) is 0 Å². The molecular weight excluding hydrogens is 323 g/mol. The van der Waals surface area contributed by atoms with Crippen LogP contribution in [0.1, 0.15) is 20.8 Å². The Morgan fingerprint density at radius 2 is 1.57 bits per heavy atom. The molecule has 0 heterocycles. The summed E-state index contributed by atoms with van der Waals surface area (Å²) in [4.78, 5) is 26.5. The van der Waals surface area contributed by atoms with Crippen LogP contribution in [0.15, 0.2) is 12.3 Å². The molecule has 2 amide bonds. The monoisotopic (exact) mass is 350 g/mol. The van der Waals surface area contributed by atoms with Crippen LogP contribution in [-0.2, 0) is 23.2 Å². The number of aliphatic hydroxyl groups is 1. The molecule has 0 rings (SSSR count). The van der Waals surface area contributed by atoms with Crippen molar-refractivity contribution in [1.82, 2.24) is 9.80 Å². The summed E-state index contributed by atoms with van der Waals surface area (Å²) >= 11 is 0. The largest absolute Gasteiger partial charge is 0.432 e. The number of nitrogens with zero attached hydrogens (tertiary/aromatic N) is 2. The van der Waals surface area contributed by atoms with Gasteiger partial charge in [0.05, 0.1) is 11.9 Å². The summed E-state index contributed by atoms with van der Waals surface area (Å²) in [6.07, 6.45) is -0.708. The molecule has 0 fully saturated rings. The number of amides is 2. The van der Waals surface area contributed by atoms with E-state index in [1.54, 1.807) is 20.8 Å². The van der Waals surface area contributed by atoms with E-state index in [0.29, 0.717) is 0 Å². The molecule has 23 heavy (non-hydrogen) atoms. The van der Waals surface area contributed by atoms with Gasteiger partial charge < -0.3 is 19.4 Å². The van der Waals surface area contributed by atoms with E-state index < -0.39 is 37.3 Å². The normalized spacial score (nSPS) is 16.7. The summed E-state index contributed by atoms with van der Waals surface area (Å²) in [5.41, 5.74) is -0.571. The van der Waals surface area contributed by atoms with Crippen LogP contribution in [0.4, 0.5) is 0 Å². The molecule has 0 bridgehead atoms. The number of aliphatic hydroxyl groups excluding tert-OH is 1. The highest BCUT2D eigenvalue weighted by atomic mass is 31.2. The molecule has 134 valence electrons. The molecule has 0 radical (unpaired) electrons. The molecule has 0 spiro atoms. The maximum Gasteiger partial charge on any atom is 0.381 e. The number of carbonyl (C=O) groups is 2. The van der Waals surface area contributed by atoms with Gasteiger partial charge >= 0.3 is 7.60 Å². The molecule has 0 aromatic carbocycles. The van der Waals surface area contributed by atoms with E-state index in [0.717, 1.165) is 9.80 Å². The molecule has 0 aromatic rings. The fraction of sp³-hybridized carbons (Fsp3) is 0.714. The Hall–Kier alpha value is -1.37. The van der Waals surface area contributed by atoms with Gasteiger partial charge in [0.15, 0.2) is 12.2 Å². The lowest BCUT2D eigenvalue weighted by atomic mass is 10.1. The highest BCUT2D eigenvalue weighted by Crippen LogP contribution is 2.54. The standard InChI is InChI=1S/C14H27N2O6P/c1-8-9-21-23(20,10(2)3)22-12(14(19)16(6)7)11(17)13(18)15(4)5/h8-12,17H,1-7H3/b9-8-/t11-,12-,23?/m1/s1. The van der Waals surface area contributed by atoms with Gasteiger partial charge in [-0.15, -0.1) is 0 Å². The van der Waals surface area contributed by atoms with Crippen molar-refractivity contribution >= 4 is 19.4 Å². The minimum absolute atomic E-state index is 0.571. The molecule has 0 saturated carbocycles. The van der Waals surface area contributed by atoms with Crippen molar-refractivity contribution in [3.05, 3.63) is 12.3 Å². The smallest absolute Gasteiger partial charge is 0.381 e. The number of allylic oxidation sites excluding steroid dienone is 1. The van der Waals surface area contributed by atoms with Gasteiger partial charge in [0, 0.05) is 28.2 Å². The second kappa shape index (κ2) is 9.05. The fourth-order valence-corrected chi connectivity index (χ4v) is 2.81. The van der Waals surface area contributed by atoms with Gasteiger partial charge in [-0.25, -0.2) is 4.57 Å². The molecule has 0 aliphatic rings. The highest BCUT2D eigenvalue weighted by Gasteiger charge is 2.43. The molecule has 1 N–H and O–H groups in total. The SMILES string of the molecule is C/C=C\OP(=O)(O[C@@H](C(=O)N(C)C)[C@@H](O)C(=O)N(C)C)C(C)C. The van der Waals surface area contributed by atoms with E-state index in [1.165, 1.54) is 40.5 Å². The van der Waals surface area contributed by atoms with Crippen LogP contribution in [0.25, 0.3) is 0 Å². The van der Waals surface area contributed by atoms with Crippen LogP contribution in [0.3, 0.4) is 0 Å². The van der Waals surface area contributed by atoms with Crippen LogP contribution >= 0.6 is 7.60 Å². The molecule has 1 unspecified atom stereocenters. The summed E-state index contributed by atoms with van der Waals surface area (Å²) in [6, 6.07) is 0. The second-order valence-electron chi connectivity index (χ2n) is 5.64. The molecular formula is C14H27N2O6P. The number of hydrogen-bond acceptors (Lipinski definition) is 6. The van der Waals surface area contributed by atoms with Crippen LogP contribution in [0.2, 0.25) is 0 Å². The first kappa shape index (κ1) is 21.6. The summed E-state index contributed by atoms with van der Waals surface area (Å²) in [6.45, 7) is 4.86. The van der Waals surface area contributed by atoms with Crippen molar-refractivity contribution in [3.63, 3.8) is 0 Å². The van der Waals surface area contributed by atoms with Gasteiger partial charge in [0.25, 0.3) is 11.8 Å². The molecule has 3 atom stereocenters. The Morgan fingerprint density at radius 3 is 1.91 bits per heavy atom. The van der Waals surface area contributed by atoms with Crippen LogP contribution < -0.4 is 0 Å². The zero-order valence-electron chi connectivity index (χ0n) is 14.7. The predicted octanol–water partition coefficient (Wildman–Crippen LogP) is 1.06. The first-order valence-electron chi connectivity index (χ1n) is 7.16.